The first-order chi connectivity index (χ1) is 14.0. The number of piperazine rings is 1. The van der Waals surface area contributed by atoms with Crippen molar-refractivity contribution < 1.29 is 4.79 Å². The summed E-state index contributed by atoms with van der Waals surface area (Å²) in [6, 6.07) is 16.8. The number of rotatable bonds is 4. The molecule has 1 amide bonds. The highest BCUT2D eigenvalue weighted by molar-refractivity contribution is 5.80. The van der Waals surface area contributed by atoms with Gasteiger partial charge in [-0.3, -0.25) is 23.5 Å². The van der Waals surface area contributed by atoms with Crippen molar-refractivity contribution in [1.29, 1.82) is 0 Å². The third-order valence-corrected chi connectivity index (χ3v) is 5.47. The van der Waals surface area contributed by atoms with Crippen LogP contribution in [-0.4, -0.2) is 58.1 Å². The second-order valence-corrected chi connectivity index (χ2v) is 7.44. The van der Waals surface area contributed by atoms with Crippen molar-refractivity contribution in [1.82, 2.24) is 18.9 Å². The van der Waals surface area contributed by atoms with Crippen LogP contribution >= 0.6 is 0 Å². The predicted molar refractivity (Wildman–Crippen MR) is 112 cm³/mol. The van der Waals surface area contributed by atoms with E-state index in [-0.39, 0.29) is 12.5 Å². The molecule has 150 valence electrons. The number of likely N-dealkylation sites (N-methyl/N-ethyl adjacent to an activating group) is 1. The van der Waals surface area contributed by atoms with Crippen LogP contribution in [0.4, 0.5) is 0 Å². The highest BCUT2D eigenvalue weighted by Gasteiger charge is 2.21. The van der Waals surface area contributed by atoms with Gasteiger partial charge in [-0.1, -0.05) is 42.5 Å². The molecule has 29 heavy (non-hydrogen) atoms. The molecule has 0 atom stereocenters. The average molecular weight is 392 g/mol. The number of carbonyl (C=O) groups excluding carboxylic acids is 1. The summed E-state index contributed by atoms with van der Waals surface area (Å²) in [5.41, 5.74) is 0.897. The third-order valence-electron chi connectivity index (χ3n) is 5.47. The van der Waals surface area contributed by atoms with Gasteiger partial charge in [0.15, 0.2) is 0 Å². The first-order valence-corrected chi connectivity index (χ1v) is 9.77. The second kappa shape index (κ2) is 8.05. The molecule has 0 radical (unpaired) electrons. The van der Waals surface area contributed by atoms with E-state index in [1.807, 2.05) is 55.6 Å². The number of carbonyl (C=O) groups is 1. The molecular formula is C22H24N4O3. The van der Waals surface area contributed by atoms with Crippen molar-refractivity contribution in [3.63, 3.8) is 0 Å². The second-order valence-electron chi connectivity index (χ2n) is 7.44. The largest absolute Gasteiger partial charge is 0.339 e. The van der Waals surface area contributed by atoms with Crippen molar-refractivity contribution in [2.75, 3.05) is 33.2 Å². The number of para-hydroxylation sites is 2. The molecule has 1 aliphatic heterocycles. The average Bonchev–Trinajstić information content (AvgIpc) is 2.75. The van der Waals surface area contributed by atoms with E-state index in [9.17, 15) is 14.4 Å². The van der Waals surface area contributed by atoms with Gasteiger partial charge in [0.25, 0.3) is 0 Å². The zero-order chi connectivity index (χ0) is 20.4. The van der Waals surface area contributed by atoms with Crippen LogP contribution in [0.5, 0.6) is 0 Å². The summed E-state index contributed by atoms with van der Waals surface area (Å²) in [6.45, 7) is 3.06. The maximum absolute atomic E-state index is 12.9. The topological polar surface area (TPSA) is 67.5 Å². The molecule has 7 nitrogen and oxygen atoms in total. The Balaban J connectivity index is 1.73. The Hall–Kier alpha value is -3.19. The van der Waals surface area contributed by atoms with Gasteiger partial charge in [-0.2, -0.15) is 0 Å². The summed E-state index contributed by atoms with van der Waals surface area (Å²) < 4.78 is 2.81. The summed E-state index contributed by atoms with van der Waals surface area (Å²) in [5, 5.41) is 0. The molecule has 1 aromatic heterocycles. The van der Waals surface area contributed by atoms with E-state index in [4.69, 9.17) is 0 Å². The van der Waals surface area contributed by atoms with Gasteiger partial charge in [0.1, 0.15) is 6.54 Å². The first kappa shape index (κ1) is 19.1. The Kier molecular flexibility index (Phi) is 5.31. The normalized spacial score (nSPS) is 15.0. The van der Waals surface area contributed by atoms with Crippen molar-refractivity contribution in [3.8, 4) is 0 Å². The lowest BCUT2D eigenvalue weighted by Gasteiger charge is -2.32. The van der Waals surface area contributed by atoms with Gasteiger partial charge >= 0.3 is 11.1 Å². The van der Waals surface area contributed by atoms with E-state index in [0.717, 1.165) is 18.7 Å². The molecule has 1 fully saturated rings. The molecule has 7 heteroatoms. The molecular weight excluding hydrogens is 368 g/mol. The Morgan fingerprint density at radius 3 is 2.00 bits per heavy atom. The summed E-state index contributed by atoms with van der Waals surface area (Å²) in [5.74, 6) is -0.134. The van der Waals surface area contributed by atoms with Crippen LogP contribution in [0.15, 0.2) is 64.2 Å². The van der Waals surface area contributed by atoms with Crippen LogP contribution in [0, 0.1) is 0 Å². The lowest BCUT2D eigenvalue weighted by atomic mass is 10.2. The van der Waals surface area contributed by atoms with Gasteiger partial charge in [0.05, 0.1) is 17.6 Å². The van der Waals surface area contributed by atoms with E-state index < -0.39 is 11.1 Å². The van der Waals surface area contributed by atoms with Crippen LogP contribution in [0.3, 0.4) is 0 Å². The molecule has 0 aliphatic carbocycles. The van der Waals surface area contributed by atoms with Crippen LogP contribution in [0.1, 0.15) is 5.56 Å². The quantitative estimate of drug-likeness (QED) is 0.621. The minimum Gasteiger partial charge on any atom is -0.339 e. The molecule has 4 rings (SSSR count). The third kappa shape index (κ3) is 3.86. The van der Waals surface area contributed by atoms with Gasteiger partial charge in [0, 0.05) is 26.2 Å². The van der Waals surface area contributed by atoms with Crippen LogP contribution in [0.2, 0.25) is 0 Å². The molecule has 0 bridgehead atoms. The Morgan fingerprint density at radius 1 is 0.793 bits per heavy atom. The number of nitrogens with zero attached hydrogens (tertiary/aromatic N) is 4. The zero-order valence-corrected chi connectivity index (χ0v) is 16.5. The van der Waals surface area contributed by atoms with E-state index in [0.29, 0.717) is 30.7 Å². The fraction of sp³-hybridized carbons (Fsp3) is 0.318. The first-order valence-electron chi connectivity index (χ1n) is 9.77. The van der Waals surface area contributed by atoms with Gasteiger partial charge in [-0.15, -0.1) is 0 Å². The van der Waals surface area contributed by atoms with E-state index in [1.165, 1.54) is 9.13 Å². The number of fused-ring (bicyclic) bond motifs is 1. The SMILES string of the molecule is CN1CCN(C(=O)Cn2c(=O)c(=O)n(Cc3ccccc3)c3ccccc32)CC1. The Morgan fingerprint density at radius 2 is 1.34 bits per heavy atom. The molecule has 3 aromatic rings. The molecule has 2 heterocycles. The van der Waals surface area contributed by atoms with Crippen molar-refractivity contribution in [2.24, 2.45) is 0 Å². The highest BCUT2D eigenvalue weighted by Crippen LogP contribution is 2.13. The fourth-order valence-corrected chi connectivity index (χ4v) is 3.74. The fourth-order valence-electron chi connectivity index (χ4n) is 3.74. The number of aromatic nitrogens is 2. The zero-order valence-electron chi connectivity index (χ0n) is 16.5. The summed E-state index contributed by atoms with van der Waals surface area (Å²) in [4.78, 5) is 42.5. The molecule has 1 saturated heterocycles. The summed E-state index contributed by atoms with van der Waals surface area (Å²) >= 11 is 0. The van der Waals surface area contributed by atoms with Crippen molar-refractivity contribution in [2.45, 2.75) is 13.1 Å². The standard InChI is InChI=1S/C22H24N4O3/c1-23-11-13-24(14-12-23)20(27)16-26-19-10-6-5-9-18(19)25(21(28)22(26)29)15-17-7-3-2-4-8-17/h2-10H,11-16H2,1H3. The molecule has 0 saturated carbocycles. The lowest BCUT2D eigenvalue weighted by molar-refractivity contribution is -0.133. The van der Waals surface area contributed by atoms with Gasteiger partial charge in [0.2, 0.25) is 5.91 Å². The Bertz CT molecular complexity index is 1140. The van der Waals surface area contributed by atoms with Crippen molar-refractivity contribution >= 4 is 16.9 Å². The molecule has 2 aromatic carbocycles. The predicted octanol–water partition coefficient (Wildman–Crippen LogP) is 0.986. The van der Waals surface area contributed by atoms with E-state index >= 15 is 0 Å². The molecule has 1 aliphatic rings. The number of benzene rings is 2. The number of hydrogen-bond donors (Lipinski definition) is 0. The summed E-state index contributed by atoms with van der Waals surface area (Å²) in [6.07, 6.45) is 0. The van der Waals surface area contributed by atoms with Crippen LogP contribution < -0.4 is 11.1 Å². The van der Waals surface area contributed by atoms with Crippen LogP contribution in [-0.2, 0) is 17.9 Å². The number of amides is 1. The number of hydrogen-bond acceptors (Lipinski definition) is 4. The monoisotopic (exact) mass is 392 g/mol. The maximum atomic E-state index is 12.9. The minimum atomic E-state index is -0.665. The van der Waals surface area contributed by atoms with Crippen molar-refractivity contribution in [3.05, 3.63) is 80.9 Å². The summed E-state index contributed by atoms with van der Waals surface area (Å²) in [7, 11) is 2.02. The van der Waals surface area contributed by atoms with Crippen LogP contribution in [0.25, 0.3) is 11.0 Å². The van der Waals surface area contributed by atoms with Gasteiger partial charge < -0.3 is 9.80 Å². The smallest absolute Gasteiger partial charge is 0.317 e. The molecule has 0 N–H and O–H groups in total. The highest BCUT2D eigenvalue weighted by atomic mass is 16.2. The maximum Gasteiger partial charge on any atom is 0.317 e. The minimum absolute atomic E-state index is 0.121. The molecule has 0 spiro atoms. The Labute approximate surface area is 168 Å². The lowest BCUT2D eigenvalue weighted by Crippen LogP contribution is -2.50. The van der Waals surface area contributed by atoms with Gasteiger partial charge in [-0.25, -0.2) is 0 Å². The van der Waals surface area contributed by atoms with E-state index in [2.05, 4.69) is 4.90 Å². The van der Waals surface area contributed by atoms with Gasteiger partial charge in [-0.05, 0) is 24.7 Å². The molecule has 0 unspecified atom stereocenters. The van der Waals surface area contributed by atoms with E-state index in [1.54, 1.807) is 11.0 Å².